The quantitative estimate of drug-likeness (QED) is 0.729. The van der Waals surface area contributed by atoms with Gasteiger partial charge in [-0.25, -0.2) is 9.37 Å². The molecule has 0 radical (unpaired) electrons. The molecule has 0 unspecified atom stereocenters. The Balaban J connectivity index is 0.000000980. The Hall–Kier alpha value is -1.35. The van der Waals surface area contributed by atoms with Gasteiger partial charge in [-0.3, -0.25) is 0 Å². The number of anilines is 1. The summed E-state index contributed by atoms with van der Waals surface area (Å²) < 4.78 is 13.2. The zero-order chi connectivity index (χ0) is 9.42. The van der Waals surface area contributed by atoms with E-state index < -0.39 is 0 Å². The van der Waals surface area contributed by atoms with Crippen molar-refractivity contribution < 1.29 is 4.39 Å². The molecule has 0 aliphatic heterocycles. The Morgan fingerprint density at radius 3 is 2.79 bits per heavy atom. The molecule has 1 aromatic carbocycles. The molecule has 1 heterocycles. The number of halogens is 2. The van der Waals surface area contributed by atoms with Gasteiger partial charge in [-0.05, 0) is 19.1 Å². The molecule has 0 aliphatic carbocycles. The predicted octanol–water partition coefficient (Wildman–Crippen LogP) is 2.69. The molecular weight excluding hydrogens is 203 g/mol. The molecule has 0 bridgehead atoms. The van der Waals surface area contributed by atoms with Crippen LogP contribution in [0.3, 0.4) is 0 Å². The third-order valence-corrected chi connectivity index (χ3v) is 2.03. The number of pyridine rings is 1. The summed E-state index contributed by atoms with van der Waals surface area (Å²) in [4.78, 5) is 4.07. The summed E-state index contributed by atoms with van der Waals surface area (Å²) in [5, 5.41) is 0.739. The number of para-hydroxylation sites is 1. The highest BCUT2D eigenvalue weighted by atomic mass is 35.5. The predicted molar refractivity (Wildman–Crippen MR) is 58.1 cm³/mol. The van der Waals surface area contributed by atoms with E-state index in [-0.39, 0.29) is 18.2 Å². The molecule has 2 N–H and O–H groups in total. The highest BCUT2D eigenvalue weighted by molar-refractivity contribution is 5.85. The van der Waals surface area contributed by atoms with Crippen LogP contribution in [0.5, 0.6) is 0 Å². The summed E-state index contributed by atoms with van der Waals surface area (Å²) in [5.74, 6) is -0.305. The first kappa shape index (κ1) is 10.7. The van der Waals surface area contributed by atoms with Crippen molar-refractivity contribution in [3.8, 4) is 0 Å². The lowest BCUT2D eigenvalue weighted by molar-refractivity contribution is 0.636. The summed E-state index contributed by atoms with van der Waals surface area (Å²) in [6, 6.07) is 6.57. The molecule has 0 amide bonds. The van der Waals surface area contributed by atoms with E-state index in [1.807, 2.05) is 0 Å². The lowest BCUT2D eigenvalue weighted by Gasteiger charge is -2.02. The summed E-state index contributed by atoms with van der Waals surface area (Å²) in [7, 11) is 0. The van der Waals surface area contributed by atoms with Gasteiger partial charge in [0, 0.05) is 5.39 Å². The van der Waals surface area contributed by atoms with Crippen molar-refractivity contribution in [3.05, 3.63) is 35.8 Å². The fourth-order valence-electron chi connectivity index (χ4n) is 1.27. The van der Waals surface area contributed by atoms with Crippen molar-refractivity contribution in [2.75, 3.05) is 5.73 Å². The minimum atomic E-state index is -0.305. The van der Waals surface area contributed by atoms with Crippen LogP contribution >= 0.6 is 12.4 Å². The Kier molecular flexibility index (Phi) is 2.91. The number of nitrogens with zero attached hydrogens (tertiary/aromatic N) is 1. The Labute approximate surface area is 87.4 Å². The molecule has 2 aromatic rings. The highest BCUT2D eigenvalue weighted by Gasteiger charge is 2.03. The number of nitrogen functional groups attached to an aromatic ring is 1. The van der Waals surface area contributed by atoms with E-state index in [0.29, 0.717) is 16.9 Å². The number of benzene rings is 1. The monoisotopic (exact) mass is 212 g/mol. The standard InChI is InChI=1S/C10H9FN2.ClH/c1-6-9(12)5-7-3-2-4-8(11)10(7)13-6;/h2-5H,12H2,1H3;1H. The van der Waals surface area contributed by atoms with Crippen molar-refractivity contribution in [2.24, 2.45) is 0 Å². The Morgan fingerprint density at radius 1 is 1.36 bits per heavy atom. The van der Waals surface area contributed by atoms with E-state index in [0.717, 1.165) is 5.39 Å². The highest BCUT2D eigenvalue weighted by Crippen LogP contribution is 2.19. The van der Waals surface area contributed by atoms with Gasteiger partial charge in [-0.1, -0.05) is 12.1 Å². The van der Waals surface area contributed by atoms with Gasteiger partial charge >= 0.3 is 0 Å². The van der Waals surface area contributed by atoms with Gasteiger partial charge in [0.25, 0.3) is 0 Å². The second-order valence-electron chi connectivity index (χ2n) is 2.97. The van der Waals surface area contributed by atoms with Crippen molar-refractivity contribution >= 4 is 29.0 Å². The molecule has 0 spiro atoms. The van der Waals surface area contributed by atoms with Gasteiger partial charge in [0.2, 0.25) is 0 Å². The minimum Gasteiger partial charge on any atom is -0.397 e. The fraction of sp³-hybridized carbons (Fsp3) is 0.100. The van der Waals surface area contributed by atoms with Crippen molar-refractivity contribution in [3.63, 3.8) is 0 Å². The lowest BCUT2D eigenvalue weighted by atomic mass is 10.2. The van der Waals surface area contributed by atoms with Crippen LogP contribution in [-0.2, 0) is 0 Å². The molecule has 74 valence electrons. The summed E-state index contributed by atoms with van der Waals surface area (Å²) >= 11 is 0. The second kappa shape index (κ2) is 3.80. The van der Waals surface area contributed by atoms with Crippen molar-refractivity contribution in [2.45, 2.75) is 6.92 Å². The number of rotatable bonds is 0. The van der Waals surface area contributed by atoms with Gasteiger partial charge < -0.3 is 5.73 Å². The van der Waals surface area contributed by atoms with E-state index in [9.17, 15) is 4.39 Å². The molecule has 14 heavy (non-hydrogen) atoms. The molecular formula is C10H10ClFN2. The van der Waals surface area contributed by atoms with E-state index in [1.165, 1.54) is 6.07 Å². The molecule has 2 nitrogen and oxygen atoms in total. The third-order valence-electron chi connectivity index (χ3n) is 2.03. The number of nitrogens with two attached hydrogens (primary N) is 1. The molecule has 0 fully saturated rings. The molecule has 2 rings (SSSR count). The largest absolute Gasteiger partial charge is 0.397 e. The summed E-state index contributed by atoms with van der Waals surface area (Å²) in [6.07, 6.45) is 0. The van der Waals surface area contributed by atoms with Gasteiger partial charge in [0.1, 0.15) is 11.3 Å². The zero-order valence-corrected chi connectivity index (χ0v) is 8.44. The maximum absolute atomic E-state index is 13.2. The lowest BCUT2D eigenvalue weighted by Crippen LogP contribution is -1.94. The van der Waals surface area contributed by atoms with Gasteiger partial charge in [-0.15, -0.1) is 12.4 Å². The average Bonchev–Trinajstić information content (AvgIpc) is 2.09. The van der Waals surface area contributed by atoms with Gasteiger partial charge in [-0.2, -0.15) is 0 Å². The molecule has 4 heteroatoms. The topological polar surface area (TPSA) is 38.9 Å². The number of aromatic nitrogens is 1. The third kappa shape index (κ3) is 1.63. The van der Waals surface area contributed by atoms with Crippen molar-refractivity contribution in [1.29, 1.82) is 0 Å². The van der Waals surface area contributed by atoms with Crippen LogP contribution in [0.15, 0.2) is 24.3 Å². The number of hydrogen-bond acceptors (Lipinski definition) is 2. The smallest absolute Gasteiger partial charge is 0.149 e. The van der Waals surface area contributed by atoms with E-state index in [4.69, 9.17) is 5.73 Å². The first-order valence-corrected chi connectivity index (χ1v) is 4.00. The fourth-order valence-corrected chi connectivity index (χ4v) is 1.27. The van der Waals surface area contributed by atoms with Crippen LogP contribution in [0.4, 0.5) is 10.1 Å². The van der Waals surface area contributed by atoms with Gasteiger partial charge in [0.15, 0.2) is 0 Å². The van der Waals surface area contributed by atoms with Gasteiger partial charge in [0.05, 0.1) is 11.4 Å². The maximum Gasteiger partial charge on any atom is 0.149 e. The van der Waals surface area contributed by atoms with E-state index in [2.05, 4.69) is 4.98 Å². The number of hydrogen-bond donors (Lipinski definition) is 1. The first-order valence-electron chi connectivity index (χ1n) is 4.00. The van der Waals surface area contributed by atoms with Crippen LogP contribution in [0.25, 0.3) is 10.9 Å². The Bertz CT molecular complexity index is 471. The second-order valence-corrected chi connectivity index (χ2v) is 2.97. The SMILES string of the molecule is Cc1nc2c(F)cccc2cc1N.Cl. The zero-order valence-electron chi connectivity index (χ0n) is 7.62. The van der Waals surface area contributed by atoms with Crippen LogP contribution in [0, 0.1) is 12.7 Å². The molecule has 1 aromatic heterocycles. The normalized spacial score (nSPS) is 9.86. The van der Waals surface area contributed by atoms with Crippen LogP contribution in [-0.4, -0.2) is 4.98 Å². The first-order chi connectivity index (χ1) is 6.18. The van der Waals surface area contributed by atoms with E-state index >= 15 is 0 Å². The molecule has 0 saturated heterocycles. The Morgan fingerprint density at radius 2 is 2.07 bits per heavy atom. The van der Waals surface area contributed by atoms with Crippen LogP contribution < -0.4 is 5.73 Å². The maximum atomic E-state index is 13.2. The van der Waals surface area contributed by atoms with Crippen LogP contribution in [0.2, 0.25) is 0 Å². The average molecular weight is 213 g/mol. The van der Waals surface area contributed by atoms with Crippen molar-refractivity contribution in [1.82, 2.24) is 4.98 Å². The van der Waals surface area contributed by atoms with Crippen LogP contribution in [0.1, 0.15) is 5.69 Å². The number of aryl methyl sites for hydroxylation is 1. The summed E-state index contributed by atoms with van der Waals surface area (Å²) in [5.41, 5.74) is 7.29. The van der Waals surface area contributed by atoms with E-state index in [1.54, 1.807) is 25.1 Å². The minimum absolute atomic E-state index is 0. The molecule has 0 saturated carbocycles. The summed E-state index contributed by atoms with van der Waals surface area (Å²) in [6.45, 7) is 1.77. The number of fused-ring (bicyclic) bond motifs is 1. The molecule has 0 aliphatic rings. The molecule has 0 atom stereocenters.